The van der Waals surface area contributed by atoms with Crippen molar-refractivity contribution in [2.45, 2.75) is 25.7 Å². The van der Waals surface area contributed by atoms with Crippen LogP contribution in [0.4, 0.5) is 4.39 Å². The maximum absolute atomic E-state index is 12.9. The number of hydrogen-bond donors (Lipinski definition) is 1. The second-order valence-corrected chi connectivity index (χ2v) is 5.85. The minimum absolute atomic E-state index is 0.106. The van der Waals surface area contributed by atoms with Gasteiger partial charge >= 0.3 is 5.97 Å². The van der Waals surface area contributed by atoms with Crippen LogP contribution in [0, 0.1) is 5.82 Å². The molecule has 5 nitrogen and oxygen atoms in total. The fourth-order valence-electron chi connectivity index (χ4n) is 2.76. The first-order chi connectivity index (χ1) is 11.0. The molecule has 0 aromatic heterocycles. The number of aryl methyl sites for hydroxylation is 1. The van der Waals surface area contributed by atoms with Crippen LogP contribution in [0.3, 0.4) is 0 Å². The molecule has 1 aliphatic rings. The van der Waals surface area contributed by atoms with Crippen molar-refractivity contribution in [2.75, 3.05) is 32.7 Å². The molecular formula is C17H23FN2O3. The molecule has 0 spiro atoms. The lowest BCUT2D eigenvalue weighted by molar-refractivity contribution is -0.137. The molecular weight excluding hydrogens is 299 g/mol. The number of amides is 1. The van der Waals surface area contributed by atoms with Gasteiger partial charge in [-0.25, -0.2) is 4.39 Å². The Kier molecular flexibility index (Phi) is 6.52. The lowest BCUT2D eigenvalue weighted by atomic mass is 10.1. The van der Waals surface area contributed by atoms with E-state index in [9.17, 15) is 14.0 Å². The molecule has 0 atom stereocenters. The van der Waals surface area contributed by atoms with E-state index in [4.69, 9.17) is 5.11 Å². The molecule has 0 aliphatic carbocycles. The van der Waals surface area contributed by atoms with Gasteiger partial charge in [0.1, 0.15) is 5.82 Å². The second kappa shape index (κ2) is 8.62. The van der Waals surface area contributed by atoms with Gasteiger partial charge in [0.15, 0.2) is 0 Å². The molecule has 1 aromatic rings. The zero-order chi connectivity index (χ0) is 16.7. The Labute approximate surface area is 135 Å². The van der Waals surface area contributed by atoms with E-state index in [1.165, 1.54) is 12.1 Å². The standard InChI is InChI=1S/C17H23FN2O3/c18-15-5-2-14(3-6-15)4-7-16(21)20-10-1-9-19(12-13-20)11-8-17(22)23/h2-3,5-6H,1,4,7-13H2,(H,22,23). The average molecular weight is 322 g/mol. The summed E-state index contributed by atoms with van der Waals surface area (Å²) in [5.74, 6) is -0.954. The van der Waals surface area contributed by atoms with Crippen LogP contribution in [0.2, 0.25) is 0 Å². The van der Waals surface area contributed by atoms with Gasteiger partial charge in [0.05, 0.1) is 6.42 Å². The van der Waals surface area contributed by atoms with E-state index >= 15 is 0 Å². The molecule has 0 radical (unpaired) electrons. The van der Waals surface area contributed by atoms with E-state index < -0.39 is 5.97 Å². The average Bonchev–Trinajstić information content (AvgIpc) is 2.78. The highest BCUT2D eigenvalue weighted by molar-refractivity contribution is 5.76. The molecule has 0 saturated carbocycles. The van der Waals surface area contributed by atoms with Crippen molar-refractivity contribution in [3.05, 3.63) is 35.6 Å². The molecule has 1 fully saturated rings. The number of nitrogens with zero attached hydrogens (tertiary/aromatic N) is 2. The quantitative estimate of drug-likeness (QED) is 0.867. The number of aliphatic carboxylic acids is 1. The lowest BCUT2D eigenvalue weighted by Gasteiger charge is -2.21. The molecule has 1 saturated heterocycles. The Morgan fingerprint density at radius 1 is 1.04 bits per heavy atom. The molecule has 1 amide bonds. The van der Waals surface area contributed by atoms with Crippen LogP contribution in [-0.2, 0) is 16.0 Å². The molecule has 2 rings (SSSR count). The third-order valence-corrected chi connectivity index (χ3v) is 4.12. The second-order valence-electron chi connectivity index (χ2n) is 5.85. The van der Waals surface area contributed by atoms with Crippen LogP contribution in [0.1, 0.15) is 24.8 Å². The van der Waals surface area contributed by atoms with Crippen LogP contribution in [0.5, 0.6) is 0 Å². The van der Waals surface area contributed by atoms with Crippen LogP contribution in [0.25, 0.3) is 0 Å². The number of carbonyl (C=O) groups is 2. The Morgan fingerprint density at radius 2 is 1.78 bits per heavy atom. The molecule has 0 bridgehead atoms. The number of carbonyl (C=O) groups excluding carboxylic acids is 1. The predicted octanol–water partition coefficient (Wildman–Crippen LogP) is 1.77. The maximum atomic E-state index is 12.9. The third-order valence-electron chi connectivity index (χ3n) is 4.12. The number of carboxylic acid groups (broad SMARTS) is 1. The van der Waals surface area contributed by atoms with Crippen molar-refractivity contribution >= 4 is 11.9 Å². The minimum atomic E-state index is -0.790. The molecule has 126 valence electrons. The molecule has 1 aliphatic heterocycles. The molecule has 6 heteroatoms. The van der Waals surface area contributed by atoms with Gasteiger partial charge in [-0.15, -0.1) is 0 Å². The Morgan fingerprint density at radius 3 is 2.48 bits per heavy atom. The predicted molar refractivity (Wildman–Crippen MR) is 84.6 cm³/mol. The fourth-order valence-corrected chi connectivity index (χ4v) is 2.76. The van der Waals surface area contributed by atoms with Crippen molar-refractivity contribution in [3.63, 3.8) is 0 Å². The van der Waals surface area contributed by atoms with E-state index in [2.05, 4.69) is 4.90 Å². The zero-order valence-corrected chi connectivity index (χ0v) is 13.2. The van der Waals surface area contributed by atoms with Crippen molar-refractivity contribution in [2.24, 2.45) is 0 Å². The Hall–Kier alpha value is -1.95. The number of hydrogen-bond acceptors (Lipinski definition) is 3. The van der Waals surface area contributed by atoms with E-state index in [-0.39, 0.29) is 18.1 Å². The summed E-state index contributed by atoms with van der Waals surface area (Å²) in [7, 11) is 0. The largest absolute Gasteiger partial charge is 0.481 e. The summed E-state index contributed by atoms with van der Waals surface area (Å²) in [6.07, 6.45) is 2.03. The smallest absolute Gasteiger partial charge is 0.304 e. The summed E-state index contributed by atoms with van der Waals surface area (Å²) in [6, 6.07) is 6.23. The molecule has 1 N–H and O–H groups in total. The van der Waals surface area contributed by atoms with Crippen molar-refractivity contribution in [1.29, 1.82) is 0 Å². The van der Waals surface area contributed by atoms with Crippen LogP contribution in [-0.4, -0.2) is 59.5 Å². The summed E-state index contributed by atoms with van der Waals surface area (Å²) in [4.78, 5) is 26.9. The van der Waals surface area contributed by atoms with Gasteiger partial charge < -0.3 is 14.9 Å². The van der Waals surface area contributed by atoms with E-state index in [1.54, 1.807) is 12.1 Å². The van der Waals surface area contributed by atoms with Crippen molar-refractivity contribution < 1.29 is 19.1 Å². The summed E-state index contributed by atoms with van der Waals surface area (Å²) in [5.41, 5.74) is 0.956. The molecule has 0 unspecified atom stereocenters. The molecule has 1 aromatic carbocycles. The summed E-state index contributed by atoms with van der Waals surface area (Å²) in [6.45, 7) is 3.44. The maximum Gasteiger partial charge on any atom is 0.304 e. The van der Waals surface area contributed by atoms with Gasteiger partial charge in [-0.05, 0) is 37.1 Å². The minimum Gasteiger partial charge on any atom is -0.481 e. The lowest BCUT2D eigenvalue weighted by Crippen LogP contribution is -2.35. The summed E-state index contributed by atoms with van der Waals surface area (Å²) < 4.78 is 12.9. The zero-order valence-electron chi connectivity index (χ0n) is 13.2. The number of rotatable bonds is 6. The van der Waals surface area contributed by atoms with Crippen LogP contribution in [0.15, 0.2) is 24.3 Å². The first kappa shape index (κ1) is 17.4. The molecule has 1 heterocycles. The Balaban J connectivity index is 1.76. The number of carboxylic acids is 1. The summed E-state index contributed by atoms with van der Waals surface area (Å²) in [5, 5.41) is 8.74. The highest BCUT2D eigenvalue weighted by Crippen LogP contribution is 2.09. The van der Waals surface area contributed by atoms with Gasteiger partial charge in [-0.2, -0.15) is 0 Å². The summed E-state index contributed by atoms with van der Waals surface area (Å²) >= 11 is 0. The molecule has 23 heavy (non-hydrogen) atoms. The monoisotopic (exact) mass is 322 g/mol. The number of halogens is 1. The normalized spacial score (nSPS) is 16.1. The SMILES string of the molecule is O=C(O)CCN1CCCN(C(=O)CCc2ccc(F)cc2)CC1. The van der Waals surface area contributed by atoms with Crippen LogP contribution >= 0.6 is 0 Å². The van der Waals surface area contributed by atoms with Crippen LogP contribution < -0.4 is 0 Å². The van der Waals surface area contributed by atoms with Gasteiger partial charge in [0, 0.05) is 32.6 Å². The Bertz CT molecular complexity index is 533. The first-order valence-corrected chi connectivity index (χ1v) is 8.01. The number of benzene rings is 1. The first-order valence-electron chi connectivity index (χ1n) is 8.01. The van der Waals surface area contributed by atoms with Gasteiger partial charge in [0.2, 0.25) is 5.91 Å². The van der Waals surface area contributed by atoms with Gasteiger partial charge in [-0.3, -0.25) is 9.59 Å². The highest BCUT2D eigenvalue weighted by Gasteiger charge is 2.19. The van der Waals surface area contributed by atoms with Gasteiger partial charge in [-0.1, -0.05) is 12.1 Å². The third kappa shape index (κ3) is 5.98. The van der Waals surface area contributed by atoms with E-state index in [0.717, 1.165) is 25.1 Å². The van der Waals surface area contributed by atoms with E-state index in [0.29, 0.717) is 32.5 Å². The van der Waals surface area contributed by atoms with Gasteiger partial charge in [0.25, 0.3) is 0 Å². The fraction of sp³-hybridized carbons (Fsp3) is 0.529. The highest BCUT2D eigenvalue weighted by atomic mass is 19.1. The van der Waals surface area contributed by atoms with E-state index in [1.807, 2.05) is 4.90 Å². The van der Waals surface area contributed by atoms with Crippen molar-refractivity contribution in [1.82, 2.24) is 9.80 Å². The van der Waals surface area contributed by atoms with Crippen molar-refractivity contribution in [3.8, 4) is 0 Å². The topological polar surface area (TPSA) is 60.9 Å².